The van der Waals surface area contributed by atoms with Crippen LogP contribution in [0.3, 0.4) is 0 Å². The van der Waals surface area contributed by atoms with Gasteiger partial charge in [-0.05, 0) is 43.4 Å². The Morgan fingerprint density at radius 3 is 2.95 bits per heavy atom. The number of aryl methyl sites for hydroxylation is 1. The zero-order valence-corrected chi connectivity index (χ0v) is 12.5. The van der Waals surface area contributed by atoms with Gasteiger partial charge in [-0.3, -0.25) is 0 Å². The average Bonchev–Trinajstić information content (AvgIpc) is 2.98. The van der Waals surface area contributed by atoms with Crippen molar-refractivity contribution in [1.29, 1.82) is 0 Å². The highest BCUT2D eigenvalue weighted by molar-refractivity contribution is 5.37. The molecule has 0 bridgehead atoms. The molecule has 1 saturated carbocycles. The molecule has 4 nitrogen and oxygen atoms in total. The van der Waals surface area contributed by atoms with E-state index in [0.29, 0.717) is 12.0 Å². The number of para-hydroxylation sites is 1. The molecule has 0 atom stereocenters. The summed E-state index contributed by atoms with van der Waals surface area (Å²) in [5.41, 5.74) is 1.36. The summed E-state index contributed by atoms with van der Waals surface area (Å²) < 4.78 is 7.57. The minimum atomic E-state index is 0.646. The lowest BCUT2D eigenvalue weighted by Gasteiger charge is -2.37. The molecule has 0 radical (unpaired) electrons. The van der Waals surface area contributed by atoms with Gasteiger partial charge in [0, 0.05) is 25.0 Å². The smallest absolute Gasteiger partial charge is 0.122 e. The number of nitrogens with one attached hydrogen (secondary N) is 1. The normalized spacial score (nSPS) is 21.0. The van der Waals surface area contributed by atoms with E-state index in [4.69, 9.17) is 4.74 Å². The Morgan fingerprint density at radius 2 is 2.19 bits per heavy atom. The van der Waals surface area contributed by atoms with Gasteiger partial charge in [0.2, 0.25) is 0 Å². The van der Waals surface area contributed by atoms with Gasteiger partial charge in [-0.25, -0.2) is 4.98 Å². The highest BCUT2D eigenvalue weighted by atomic mass is 16.5. The van der Waals surface area contributed by atoms with Gasteiger partial charge < -0.3 is 14.6 Å². The topological polar surface area (TPSA) is 39.1 Å². The van der Waals surface area contributed by atoms with Gasteiger partial charge in [0.05, 0.1) is 13.4 Å². The van der Waals surface area contributed by atoms with Crippen molar-refractivity contribution in [2.45, 2.75) is 37.8 Å². The second-order valence-corrected chi connectivity index (χ2v) is 5.72. The first kappa shape index (κ1) is 14.1. The van der Waals surface area contributed by atoms with Crippen LogP contribution in [-0.2, 0) is 6.54 Å². The Bertz CT molecular complexity index is 547. The zero-order chi connectivity index (χ0) is 14.5. The van der Waals surface area contributed by atoms with Crippen LogP contribution in [0.1, 0.15) is 30.7 Å². The molecule has 1 heterocycles. The molecule has 0 amide bonds. The van der Waals surface area contributed by atoms with E-state index < -0.39 is 0 Å². The van der Waals surface area contributed by atoms with Gasteiger partial charge in [-0.1, -0.05) is 18.2 Å². The molecule has 21 heavy (non-hydrogen) atoms. The van der Waals surface area contributed by atoms with E-state index in [1.807, 2.05) is 24.8 Å². The van der Waals surface area contributed by atoms with Gasteiger partial charge >= 0.3 is 0 Å². The molecule has 112 valence electrons. The van der Waals surface area contributed by atoms with Crippen LogP contribution in [0.2, 0.25) is 0 Å². The van der Waals surface area contributed by atoms with Crippen molar-refractivity contribution in [3.8, 4) is 5.75 Å². The summed E-state index contributed by atoms with van der Waals surface area (Å²) in [7, 11) is 1.75. The summed E-state index contributed by atoms with van der Waals surface area (Å²) in [6.45, 7) is 2.11. The highest BCUT2D eigenvalue weighted by Gasteiger charge is 2.31. The van der Waals surface area contributed by atoms with Crippen molar-refractivity contribution in [2.75, 3.05) is 13.7 Å². The molecule has 3 rings (SSSR count). The Hall–Kier alpha value is -1.81. The maximum Gasteiger partial charge on any atom is 0.122 e. The number of rotatable bonds is 7. The summed E-state index contributed by atoms with van der Waals surface area (Å²) in [6, 6.07) is 9.04. The number of methoxy groups -OCH3 is 1. The molecule has 2 aromatic rings. The molecule has 1 aromatic heterocycles. The van der Waals surface area contributed by atoms with Gasteiger partial charge in [0.15, 0.2) is 0 Å². The largest absolute Gasteiger partial charge is 0.496 e. The van der Waals surface area contributed by atoms with Crippen LogP contribution in [0.25, 0.3) is 0 Å². The first-order chi connectivity index (χ1) is 10.4. The molecule has 4 heteroatoms. The third-order valence-electron chi connectivity index (χ3n) is 4.30. The van der Waals surface area contributed by atoms with Gasteiger partial charge in [-0.15, -0.1) is 0 Å². The molecule has 0 unspecified atom stereocenters. The second kappa shape index (κ2) is 6.76. The van der Waals surface area contributed by atoms with Crippen LogP contribution >= 0.6 is 0 Å². The molecule has 1 aliphatic rings. The minimum Gasteiger partial charge on any atom is -0.496 e. The molecule has 1 fully saturated rings. The molecule has 0 saturated heterocycles. The summed E-state index contributed by atoms with van der Waals surface area (Å²) >= 11 is 0. The van der Waals surface area contributed by atoms with E-state index in [2.05, 4.69) is 33.1 Å². The molecule has 1 aliphatic carbocycles. The van der Waals surface area contributed by atoms with Crippen LogP contribution < -0.4 is 10.1 Å². The second-order valence-electron chi connectivity index (χ2n) is 5.72. The standard InChI is InChI=1S/C17H23N3O/c1-21-17-6-3-2-5-16(17)14-11-15(12-14)19-7-4-9-20-10-8-18-13-20/h2-3,5-6,8,10,13-15,19H,4,7,9,11-12H2,1H3. The van der Waals surface area contributed by atoms with Crippen molar-refractivity contribution in [3.05, 3.63) is 48.5 Å². The monoisotopic (exact) mass is 285 g/mol. The van der Waals surface area contributed by atoms with E-state index in [9.17, 15) is 0 Å². The van der Waals surface area contributed by atoms with Crippen molar-refractivity contribution in [1.82, 2.24) is 14.9 Å². The predicted octanol–water partition coefficient (Wildman–Crippen LogP) is 2.82. The molecule has 1 aromatic carbocycles. The fourth-order valence-corrected chi connectivity index (χ4v) is 3.03. The predicted molar refractivity (Wildman–Crippen MR) is 83.6 cm³/mol. The van der Waals surface area contributed by atoms with Crippen LogP contribution in [0, 0.1) is 0 Å². The number of hydrogen-bond donors (Lipinski definition) is 1. The molecular formula is C17H23N3O. The first-order valence-corrected chi connectivity index (χ1v) is 7.69. The zero-order valence-electron chi connectivity index (χ0n) is 12.5. The maximum atomic E-state index is 5.45. The Kier molecular flexibility index (Phi) is 4.55. The van der Waals surface area contributed by atoms with Gasteiger partial charge in [0.25, 0.3) is 0 Å². The first-order valence-electron chi connectivity index (χ1n) is 7.69. The van der Waals surface area contributed by atoms with E-state index in [1.165, 1.54) is 18.4 Å². The van der Waals surface area contributed by atoms with Crippen molar-refractivity contribution in [3.63, 3.8) is 0 Å². The fourth-order valence-electron chi connectivity index (χ4n) is 3.03. The number of imidazole rings is 1. The van der Waals surface area contributed by atoms with E-state index >= 15 is 0 Å². The molecule has 0 aliphatic heterocycles. The van der Waals surface area contributed by atoms with Crippen molar-refractivity contribution >= 4 is 0 Å². The Labute approximate surface area is 126 Å². The summed E-state index contributed by atoms with van der Waals surface area (Å²) in [6.07, 6.45) is 9.29. The van der Waals surface area contributed by atoms with E-state index in [0.717, 1.165) is 25.3 Å². The third-order valence-corrected chi connectivity index (χ3v) is 4.30. The number of hydrogen-bond acceptors (Lipinski definition) is 3. The van der Waals surface area contributed by atoms with Crippen LogP contribution in [0.15, 0.2) is 43.0 Å². The van der Waals surface area contributed by atoms with Crippen LogP contribution in [0.4, 0.5) is 0 Å². The van der Waals surface area contributed by atoms with E-state index in [-0.39, 0.29) is 0 Å². The number of aromatic nitrogens is 2. The summed E-state index contributed by atoms with van der Waals surface area (Å²) in [5.74, 6) is 1.67. The SMILES string of the molecule is COc1ccccc1C1CC(NCCCn2ccnc2)C1. The summed E-state index contributed by atoms with van der Waals surface area (Å²) in [5, 5.41) is 3.64. The van der Waals surface area contributed by atoms with E-state index in [1.54, 1.807) is 7.11 Å². The number of ether oxygens (including phenoxy) is 1. The lowest BCUT2D eigenvalue weighted by Crippen LogP contribution is -2.40. The van der Waals surface area contributed by atoms with Gasteiger partial charge in [-0.2, -0.15) is 0 Å². The molecule has 1 N–H and O–H groups in total. The minimum absolute atomic E-state index is 0.646. The lowest BCUT2D eigenvalue weighted by atomic mass is 9.75. The Morgan fingerprint density at radius 1 is 1.33 bits per heavy atom. The highest BCUT2D eigenvalue weighted by Crippen LogP contribution is 2.40. The molecule has 0 spiro atoms. The quantitative estimate of drug-likeness (QED) is 0.795. The van der Waals surface area contributed by atoms with Gasteiger partial charge in [0.1, 0.15) is 5.75 Å². The fraction of sp³-hybridized carbons (Fsp3) is 0.471. The number of benzene rings is 1. The summed E-state index contributed by atoms with van der Waals surface area (Å²) in [4.78, 5) is 4.05. The maximum absolute atomic E-state index is 5.45. The number of nitrogens with zero attached hydrogens (tertiary/aromatic N) is 2. The molecular weight excluding hydrogens is 262 g/mol. The lowest BCUT2D eigenvalue weighted by molar-refractivity contribution is 0.281. The third kappa shape index (κ3) is 3.45. The van der Waals surface area contributed by atoms with Crippen LogP contribution in [0.5, 0.6) is 5.75 Å². The average molecular weight is 285 g/mol. The Balaban J connectivity index is 1.38. The van der Waals surface area contributed by atoms with Crippen molar-refractivity contribution < 1.29 is 4.74 Å². The van der Waals surface area contributed by atoms with Crippen LogP contribution in [-0.4, -0.2) is 29.2 Å². The van der Waals surface area contributed by atoms with Crippen molar-refractivity contribution in [2.24, 2.45) is 0 Å².